The third kappa shape index (κ3) is 1.70. The van der Waals surface area contributed by atoms with E-state index in [-0.39, 0.29) is 11.9 Å². The highest BCUT2D eigenvalue weighted by Gasteiger charge is 2.26. The van der Waals surface area contributed by atoms with Gasteiger partial charge in [0, 0.05) is 31.4 Å². The van der Waals surface area contributed by atoms with Gasteiger partial charge >= 0.3 is 0 Å². The molecule has 2 heterocycles. The molecule has 5 heteroatoms. The second-order valence-electron chi connectivity index (χ2n) is 3.27. The van der Waals surface area contributed by atoms with Crippen LogP contribution in [0.4, 0.5) is 0 Å². The smallest absolute Gasteiger partial charge is 0.224 e. The molecule has 70 valence electrons. The molecule has 1 amide bonds. The second kappa shape index (κ2) is 3.18. The summed E-state index contributed by atoms with van der Waals surface area (Å²) in [6, 6.07) is -0.0116. The van der Waals surface area contributed by atoms with E-state index in [2.05, 4.69) is 9.97 Å². The van der Waals surface area contributed by atoms with Crippen LogP contribution < -0.4 is 5.73 Å². The van der Waals surface area contributed by atoms with E-state index in [1.54, 1.807) is 17.3 Å². The maximum absolute atomic E-state index is 11.3. The highest BCUT2D eigenvalue weighted by Crippen LogP contribution is 2.11. The van der Waals surface area contributed by atoms with Gasteiger partial charge in [0.25, 0.3) is 0 Å². The molecule has 5 nitrogen and oxygen atoms in total. The fraction of sp³-hybridized carbons (Fsp3) is 0.500. The van der Waals surface area contributed by atoms with Crippen LogP contribution in [0.5, 0.6) is 0 Å². The van der Waals surface area contributed by atoms with E-state index >= 15 is 0 Å². The Morgan fingerprint density at radius 1 is 1.77 bits per heavy atom. The van der Waals surface area contributed by atoms with Gasteiger partial charge in [-0.05, 0) is 0 Å². The number of imidazole rings is 1. The predicted octanol–water partition coefficient (Wildman–Crippen LogP) is -0.531. The molecule has 1 aromatic heterocycles. The minimum Gasteiger partial charge on any atom is -0.347 e. The molecule has 13 heavy (non-hydrogen) atoms. The molecule has 0 spiro atoms. The standard InChI is InChI=1S/C8H12N4O/c9-6-3-8(13)12(4-6)5-7-10-1-2-11-7/h1-2,6H,3-5,9H2,(H,10,11). The number of aromatic amines is 1. The first-order chi connectivity index (χ1) is 6.25. The van der Waals surface area contributed by atoms with Crippen LogP contribution in [0, 0.1) is 0 Å². The molecule has 1 fully saturated rings. The zero-order valence-electron chi connectivity index (χ0n) is 7.23. The van der Waals surface area contributed by atoms with E-state index in [1.807, 2.05) is 0 Å². The first-order valence-electron chi connectivity index (χ1n) is 4.27. The van der Waals surface area contributed by atoms with Gasteiger partial charge < -0.3 is 15.6 Å². The van der Waals surface area contributed by atoms with Gasteiger partial charge in [0.15, 0.2) is 0 Å². The van der Waals surface area contributed by atoms with Crippen LogP contribution in [0.25, 0.3) is 0 Å². The van der Waals surface area contributed by atoms with Crippen molar-refractivity contribution in [2.45, 2.75) is 19.0 Å². The molecule has 1 unspecified atom stereocenters. The van der Waals surface area contributed by atoms with Crippen LogP contribution >= 0.6 is 0 Å². The molecule has 0 bridgehead atoms. The van der Waals surface area contributed by atoms with E-state index in [9.17, 15) is 4.79 Å². The van der Waals surface area contributed by atoms with Crippen LogP contribution in [0.1, 0.15) is 12.2 Å². The molecule has 3 N–H and O–H groups in total. The minimum absolute atomic E-state index is 0.0116. The Morgan fingerprint density at radius 2 is 2.62 bits per heavy atom. The van der Waals surface area contributed by atoms with Crippen LogP contribution in [-0.2, 0) is 11.3 Å². The summed E-state index contributed by atoms with van der Waals surface area (Å²) in [7, 11) is 0. The predicted molar refractivity (Wildman–Crippen MR) is 46.6 cm³/mol. The maximum Gasteiger partial charge on any atom is 0.224 e. The van der Waals surface area contributed by atoms with Gasteiger partial charge in [-0.2, -0.15) is 0 Å². The van der Waals surface area contributed by atoms with Gasteiger partial charge in [-0.15, -0.1) is 0 Å². The molecule has 1 aliphatic rings. The van der Waals surface area contributed by atoms with Crippen LogP contribution in [-0.4, -0.2) is 33.4 Å². The van der Waals surface area contributed by atoms with E-state index in [0.717, 1.165) is 5.82 Å². The van der Waals surface area contributed by atoms with Gasteiger partial charge in [-0.3, -0.25) is 4.79 Å². The fourth-order valence-corrected chi connectivity index (χ4v) is 1.52. The van der Waals surface area contributed by atoms with Crippen LogP contribution in [0.3, 0.4) is 0 Å². The molecular formula is C8H12N4O. The normalized spacial score (nSPS) is 22.7. The van der Waals surface area contributed by atoms with Crippen molar-refractivity contribution >= 4 is 5.91 Å². The van der Waals surface area contributed by atoms with Crippen molar-refractivity contribution in [3.63, 3.8) is 0 Å². The van der Waals surface area contributed by atoms with Crippen molar-refractivity contribution in [1.29, 1.82) is 0 Å². The zero-order chi connectivity index (χ0) is 9.26. The van der Waals surface area contributed by atoms with Gasteiger partial charge in [0.05, 0.1) is 6.54 Å². The van der Waals surface area contributed by atoms with E-state index in [1.165, 1.54) is 0 Å². The number of nitrogens with one attached hydrogen (secondary N) is 1. The summed E-state index contributed by atoms with van der Waals surface area (Å²) in [5.41, 5.74) is 5.65. The van der Waals surface area contributed by atoms with Crippen molar-refractivity contribution in [1.82, 2.24) is 14.9 Å². The average molecular weight is 180 g/mol. The van der Waals surface area contributed by atoms with E-state index in [4.69, 9.17) is 5.73 Å². The number of rotatable bonds is 2. The molecule has 1 aromatic rings. The second-order valence-corrected chi connectivity index (χ2v) is 3.27. The molecule has 1 atom stereocenters. The SMILES string of the molecule is NC1CC(=O)N(Cc2ncc[nH]2)C1. The highest BCUT2D eigenvalue weighted by molar-refractivity contribution is 5.79. The number of H-pyrrole nitrogens is 1. The number of nitrogens with two attached hydrogens (primary N) is 1. The van der Waals surface area contributed by atoms with E-state index < -0.39 is 0 Å². The molecule has 0 aliphatic carbocycles. The number of hydrogen-bond acceptors (Lipinski definition) is 3. The summed E-state index contributed by atoms with van der Waals surface area (Å²) in [6.45, 7) is 1.18. The van der Waals surface area contributed by atoms with Gasteiger partial charge in [-0.25, -0.2) is 4.98 Å². The molecule has 1 aliphatic heterocycles. The Hall–Kier alpha value is -1.36. The number of amides is 1. The maximum atomic E-state index is 11.3. The Kier molecular flexibility index (Phi) is 2.02. The first-order valence-corrected chi connectivity index (χ1v) is 4.27. The molecule has 0 aromatic carbocycles. The third-order valence-electron chi connectivity index (χ3n) is 2.14. The van der Waals surface area contributed by atoms with Crippen molar-refractivity contribution in [3.8, 4) is 0 Å². The lowest BCUT2D eigenvalue weighted by Crippen LogP contribution is -2.28. The topological polar surface area (TPSA) is 75.0 Å². The number of carbonyl (C=O) groups is 1. The number of hydrogen-bond donors (Lipinski definition) is 2. The van der Waals surface area contributed by atoms with Gasteiger partial charge in [-0.1, -0.05) is 0 Å². The summed E-state index contributed by atoms with van der Waals surface area (Å²) in [5.74, 6) is 0.923. The Balaban J connectivity index is 1.99. The third-order valence-corrected chi connectivity index (χ3v) is 2.14. The summed E-state index contributed by atoms with van der Waals surface area (Å²) < 4.78 is 0. The monoisotopic (exact) mass is 180 g/mol. The fourth-order valence-electron chi connectivity index (χ4n) is 1.52. The van der Waals surface area contributed by atoms with Crippen molar-refractivity contribution in [2.24, 2.45) is 5.73 Å². The lowest BCUT2D eigenvalue weighted by molar-refractivity contribution is -0.128. The first kappa shape index (κ1) is 8.25. The van der Waals surface area contributed by atoms with Crippen LogP contribution in [0.15, 0.2) is 12.4 Å². The Morgan fingerprint density at radius 3 is 3.15 bits per heavy atom. The molecule has 0 radical (unpaired) electrons. The average Bonchev–Trinajstić information content (AvgIpc) is 2.63. The van der Waals surface area contributed by atoms with Crippen LogP contribution in [0.2, 0.25) is 0 Å². The Bertz CT molecular complexity index is 295. The lowest BCUT2D eigenvalue weighted by atomic mass is 10.3. The summed E-state index contributed by atoms with van der Waals surface area (Å²) >= 11 is 0. The zero-order valence-corrected chi connectivity index (χ0v) is 7.23. The van der Waals surface area contributed by atoms with E-state index in [0.29, 0.717) is 19.5 Å². The summed E-state index contributed by atoms with van der Waals surface area (Å²) in [5, 5.41) is 0. The van der Waals surface area contributed by atoms with Gasteiger partial charge in [0.1, 0.15) is 5.82 Å². The van der Waals surface area contributed by atoms with Gasteiger partial charge in [0.2, 0.25) is 5.91 Å². The molecular weight excluding hydrogens is 168 g/mol. The number of carbonyl (C=O) groups excluding carboxylic acids is 1. The molecule has 1 saturated heterocycles. The quantitative estimate of drug-likeness (QED) is 0.642. The highest BCUT2D eigenvalue weighted by atomic mass is 16.2. The minimum atomic E-state index is -0.0116. The number of aromatic nitrogens is 2. The Labute approximate surface area is 75.9 Å². The lowest BCUT2D eigenvalue weighted by Gasteiger charge is -2.13. The van der Waals surface area contributed by atoms with Crippen molar-refractivity contribution in [3.05, 3.63) is 18.2 Å². The summed E-state index contributed by atoms with van der Waals surface area (Å²) in [6.07, 6.45) is 3.88. The number of likely N-dealkylation sites (tertiary alicyclic amines) is 1. The summed E-state index contributed by atoms with van der Waals surface area (Å²) in [4.78, 5) is 20.0. The van der Waals surface area contributed by atoms with Crippen molar-refractivity contribution < 1.29 is 4.79 Å². The molecule has 2 rings (SSSR count). The largest absolute Gasteiger partial charge is 0.347 e. The van der Waals surface area contributed by atoms with Crippen molar-refractivity contribution in [2.75, 3.05) is 6.54 Å². The number of nitrogens with zero attached hydrogens (tertiary/aromatic N) is 2. The molecule has 0 saturated carbocycles.